The first-order valence-electron chi connectivity index (χ1n) is 3.22. The molecule has 1 saturated heterocycles. The number of nitrogens with one attached hydrogen (secondary N) is 1. The van der Waals surface area contributed by atoms with Crippen LogP contribution in [-0.2, 0) is 4.74 Å². The molecule has 2 unspecified atom stereocenters. The highest BCUT2D eigenvalue weighted by atomic mass is 16.6. The summed E-state index contributed by atoms with van der Waals surface area (Å²) in [6, 6.07) is -0.307. The third-order valence-corrected chi connectivity index (χ3v) is 1.48. The third kappa shape index (κ3) is 1.75. The van der Waals surface area contributed by atoms with Crippen LogP contribution in [0.25, 0.3) is 10.4 Å². The third-order valence-electron chi connectivity index (χ3n) is 1.48. The highest BCUT2D eigenvalue weighted by Crippen LogP contribution is 2.07. The van der Waals surface area contributed by atoms with E-state index in [0.29, 0.717) is 6.54 Å². The molecule has 2 atom stereocenters. The fourth-order valence-electron chi connectivity index (χ4n) is 0.830. The number of rotatable bonds is 2. The van der Waals surface area contributed by atoms with Gasteiger partial charge in [0.05, 0.1) is 12.6 Å². The quantitative estimate of drug-likeness (QED) is 0.364. The minimum absolute atomic E-state index is 0.307. The topological polar surface area (TPSA) is 87.1 Å². The van der Waals surface area contributed by atoms with E-state index in [4.69, 9.17) is 10.3 Å². The molecule has 1 amide bonds. The van der Waals surface area contributed by atoms with Crippen LogP contribution < -0.4 is 5.32 Å². The maximum atomic E-state index is 10.5. The van der Waals surface area contributed by atoms with Crippen LogP contribution in [0.3, 0.4) is 0 Å². The van der Waals surface area contributed by atoms with Crippen molar-refractivity contribution in [2.24, 2.45) is 5.11 Å². The Kier molecular flexibility index (Phi) is 2.18. The summed E-state index contributed by atoms with van der Waals surface area (Å²) in [5.41, 5.74) is 8.06. The summed E-state index contributed by atoms with van der Waals surface area (Å²) >= 11 is 0. The molecule has 0 aliphatic carbocycles. The molecular formula is C5H8N4O2. The van der Waals surface area contributed by atoms with Crippen molar-refractivity contribution in [1.82, 2.24) is 5.32 Å². The van der Waals surface area contributed by atoms with Crippen molar-refractivity contribution in [1.29, 1.82) is 0 Å². The smallest absolute Gasteiger partial charge is 0.407 e. The summed E-state index contributed by atoms with van der Waals surface area (Å²) in [5.74, 6) is 0. The molecule has 0 aromatic carbocycles. The van der Waals surface area contributed by atoms with Gasteiger partial charge in [0.15, 0.2) is 0 Å². The van der Waals surface area contributed by atoms with Gasteiger partial charge >= 0.3 is 6.09 Å². The molecule has 0 bridgehead atoms. The maximum absolute atomic E-state index is 10.5. The van der Waals surface area contributed by atoms with Gasteiger partial charge in [0.1, 0.15) is 6.10 Å². The summed E-state index contributed by atoms with van der Waals surface area (Å²) in [6.45, 7) is 2.11. The summed E-state index contributed by atoms with van der Waals surface area (Å²) in [7, 11) is 0. The Morgan fingerprint density at radius 3 is 3.18 bits per heavy atom. The van der Waals surface area contributed by atoms with E-state index >= 15 is 0 Å². The highest BCUT2D eigenvalue weighted by molar-refractivity contribution is 5.69. The zero-order valence-corrected chi connectivity index (χ0v) is 6.02. The summed E-state index contributed by atoms with van der Waals surface area (Å²) in [6.07, 6.45) is -0.770. The van der Waals surface area contributed by atoms with E-state index in [0.717, 1.165) is 0 Å². The van der Waals surface area contributed by atoms with Crippen LogP contribution in [0.4, 0.5) is 4.79 Å². The summed E-state index contributed by atoms with van der Waals surface area (Å²) in [4.78, 5) is 13.1. The van der Waals surface area contributed by atoms with E-state index in [1.165, 1.54) is 0 Å². The second-order valence-corrected chi connectivity index (χ2v) is 2.27. The van der Waals surface area contributed by atoms with E-state index in [-0.39, 0.29) is 12.1 Å². The van der Waals surface area contributed by atoms with Crippen molar-refractivity contribution >= 4 is 6.09 Å². The van der Waals surface area contributed by atoms with E-state index < -0.39 is 6.09 Å². The molecule has 1 heterocycles. The number of carbonyl (C=O) groups is 1. The normalized spacial score (nSPS) is 24.8. The number of carbonyl (C=O) groups excluding carboxylic acids is 1. The van der Waals surface area contributed by atoms with E-state index in [1.54, 1.807) is 6.92 Å². The monoisotopic (exact) mass is 156 g/mol. The number of hydrogen-bond donors (Lipinski definition) is 1. The Hall–Kier alpha value is -1.42. The number of azide groups is 1. The van der Waals surface area contributed by atoms with Crippen LogP contribution in [0.5, 0.6) is 0 Å². The number of cyclic esters (lactones) is 1. The lowest BCUT2D eigenvalue weighted by Gasteiger charge is -2.09. The van der Waals surface area contributed by atoms with Crippen molar-refractivity contribution in [3.63, 3.8) is 0 Å². The second-order valence-electron chi connectivity index (χ2n) is 2.27. The standard InChI is InChI=1S/C5H8N4O2/c1-3(8-9-6)4-2-7-5(10)11-4/h3-4H,2H2,1H3,(H,7,10). The predicted octanol–water partition coefficient (Wildman–Crippen LogP) is 0.794. The van der Waals surface area contributed by atoms with Crippen molar-refractivity contribution in [3.8, 4) is 0 Å². The van der Waals surface area contributed by atoms with Crippen LogP contribution in [-0.4, -0.2) is 24.8 Å². The van der Waals surface area contributed by atoms with Crippen molar-refractivity contribution < 1.29 is 9.53 Å². The largest absolute Gasteiger partial charge is 0.444 e. The Morgan fingerprint density at radius 1 is 2.00 bits per heavy atom. The van der Waals surface area contributed by atoms with Gasteiger partial charge in [-0.1, -0.05) is 12.0 Å². The summed E-state index contributed by atoms with van der Waals surface area (Å²) in [5, 5.41) is 5.87. The van der Waals surface area contributed by atoms with Gasteiger partial charge in [-0.05, 0) is 5.53 Å². The molecule has 60 valence electrons. The lowest BCUT2D eigenvalue weighted by Crippen LogP contribution is -2.24. The van der Waals surface area contributed by atoms with Gasteiger partial charge in [-0.2, -0.15) is 0 Å². The lowest BCUT2D eigenvalue weighted by atomic mass is 10.2. The van der Waals surface area contributed by atoms with Gasteiger partial charge in [-0.25, -0.2) is 4.79 Å². The molecule has 1 N–H and O–H groups in total. The Balaban J connectivity index is 2.48. The van der Waals surface area contributed by atoms with E-state index in [9.17, 15) is 4.79 Å². The Morgan fingerprint density at radius 2 is 2.73 bits per heavy atom. The van der Waals surface area contributed by atoms with E-state index in [2.05, 4.69) is 15.3 Å². The van der Waals surface area contributed by atoms with Crippen molar-refractivity contribution in [2.45, 2.75) is 19.1 Å². The van der Waals surface area contributed by atoms with Crippen LogP contribution in [0.1, 0.15) is 6.92 Å². The highest BCUT2D eigenvalue weighted by Gasteiger charge is 2.26. The van der Waals surface area contributed by atoms with Gasteiger partial charge < -0.3 is 10.1 Å². The molecule has 1 fully saturated rings. The Bertz CT molecular complexity index is 211. The van der Waals surface area contributed by atoms with Gasteiger partial charge in [0.2, 0.25) is 0 Å². The molecule has 11 heavy (non-hydrogen) atoms. The SMILES string of the molecule is CC(N=[N+]=[N-])C1CNC(=O)O1. The number of alkyl carbamates (subject to hydrolysis) is 1. The Labute approximate surface area is 63.2 Å². The molecule has 6 heteroatoms. The number of nitrogens with zero attached hydrogens (tertiary/aromatic N) is 3. The van der Waals surface area contributed by atoms with Crippen LogP contribution >= 0.6 is 0 Å². The predicted molar refractivity (Wildman–Crippen MR) is 36.9 cm³/mol. The molecule has 6 nitrogen and oxygen atoms in total. The molecule has 0 saturated carbocycles. The van der Waals surface area contributed by atoms with Crippen LogP contribution in [0.15, 0.2) is 5.11 Å². The molecule has 0 aromatic heterocycles. The molecular weight excluding hydrogens is 148 g/mol. The van der Waals surface area contributed by atoms with Gasteiger partial charge in [-0.15, -0.1) is 0 Å². The minimum atomic E-state index is -0.449. The van der Waals surface area contributed by atoms with Crippen LogP contribution in [0.2, 0.25) is 0 Å². The fourth-order valence-corrected chi connectivity index (χ4v) is 0.830. The molecule has 0 spiro atoms. The number of hydrogen-bond acceptors (Lipinski definition) is 3. The lowest BCUT2D eigenvalue weighted by molar-refractivity contribution is 0.129. The molecule has 1 aliphatic rings. The fraction of sp³-hybridized carbons (Fsp3) is 0.800. The first kappa shape index (κ1) is 7.68. The molecule has 0 aromatic rings. The minimum Gasteiger partial charge on any atom is -0.444 e. The first-order chi connectivity index (χ1) is 5.24. The van der Waals surface area contributed by atoms with Crippen LogP contribution in [0, 0.1) is 0 Å². The zero-order chi connectivity index (χ0) is 8.27. The average Bonchev–Trinajstić information content (AvgIpc) is 2.36. The first-order valence-corrected chi connectivity index (χ1v) is 3.22. The molecule has 0 radical (unpaired) electrons. The van der Waals surface area contributed by atoms with Crippen molar-refractivity contribution in [3.05, 3.63) is 10.4 Å². The average molecular weight is 156 g/mol. The number of ether oxygens (including phenoxy) is 1. The zero-order valence-electron chi connectivity index (χ0n) is 6.02. The van der Waals surface area contributed by atoms with E-state index in [1.807, 2.05) is 0 Å². The maximum Gasteiger partial charge on any atom is 0.407 e. The van der Waals surface area contributed by atoms with Gasteiger partial charge in [0, 0.05) is 4.91 Å². The van der Waals surface area contributed by atoms with Gasteiger partial charge in [-0.3, -0.25) is 0 Å². The second kappa shape index (κ2) is 3.12. The van der Waals surface area contributed by atoms with Crippen molar-refractivity contribution in [2.75, 3.05) is 6.54 Å². The van der Waals surface area contributed by atoms with Gasteiger partial charge in [0.25, 0.3) is 0 Å². The summed E-state index contributed by atoms with van der Waals surface area (Å²) < 4.78 is 4.76. The number of amides is 1. The molecule has 1 aliphatic heterocycles. The molecule has 1 rings (SSSR count).